The first-order valence-corrected chi connectivity index (χ1v) is 9.50. The maximum Gasteiger partial charge on any atom is 0.223 e. The van der Waals surface area contributed by atoms with Crippen LogP contribution in [-0.4, -0.2) is 92.0 Å². The number of ether oxygens (including phenoxy) is 1. The third kappa shape index (κ3) is 5.13. The van der Waals surface area contributed by atoms with E-state index in [2.05, 4.69) is 16.8 Å². The molecule has 2 heterocycles. The van der Waals surface area contributed by atoms with Crippen LogP contribution in [0.15, 0.2) is 30.3 Å². The van der Waals surface area contributed by atoms with Crippen LogP contribution < -0.4 is 0 Å². The van der Waals surface area contributed by atoms with Gasteiger partial charge in [0.1, 0.15) is 0 Å². The number of hydrogen-bond acceptors (Lipinski definition) is 5. The highest BCUT2D eigenvalue weighted by Gasteiger charge is 2.27. The van der Waals surface area contributed by atoms with Crippen molar-refractivity contribution >= 4 is 11.7 Å². The summed E-state index contributed by atoms with van der Waals surface area (Å²) in [5.74, 6) is 0.356. The summed E-state index contributed by atoms with van der Waals surface area (Å²) in [4.78, 5) is 31.5. The zero-order valence-electron chi connectivity index (χ0n) is 15.6. The molecule has 1 aromatic rings. The molecule has 1 atom stereocenters. The van der Waals surface area contributed by atoms with Crippen molar-refractivity contribution in [2.75, 3.05) is 59.5 Å². The van der Waals surface area contributed by atoms with Crippen molar-refractivity contribution in [2.45, 2.75) is 18.9 Å². The molecule has 1 amide bonds. The van der Waals surface area contributed by atoms with Crippen molar-refractivity contribution in [3.05, 3.63) is 35.9 Å². The van der Waals surface area contributed by atoms with Gasteiger partial charge < -0.3 is 14.5 Å². The number of piperazine rings is 1. The van der Waals surface area contributed by atoms with Gasteiger partial charge in [-0.05, 0) is 7.05 Å². The van der Waals surface area contributed by atoms with Crippen LogP contribution in [0.1, 0.15) is 23.2 Å². The van der Waals surface area contributed by atoms with E-state index in [0.717, 1.165) is 38.3 Å². The van der Waals surface area contributed by atoms with E-state index in [4.69, 9.17) is 4.74 Å². The minimum atomic E-state index is 0.0525. The van der Waals surface area contributed by atoms with Crippen LogP contribution in [0, 0.1) is 0 Å². The summed E-state index contributed by atoms with van der Waals surface area (Å²) in [6.45, 7) is 6.21. The lowest BCUT2D eigenvalue weighted by atomic mass is 10.0. The molecule has 0 aromatic heterocycles. The van der Waals surface area contributed by atoms with Crippen molar-refractivity contribution < 1.29 is 14.3 Å². The van der Waals surface area contributed by atoms with Crippen molar-refractivity contribution in [3.63, 3.8) is 0 Å². The number of carbonyl (C=O) groups is 2. The fraction of sp³-hybridized carbons (Fsp3) is 0.600. The van der Waals surface area contributed by atoms with Crippen LogP contribution in [0.25, 0.3) is 0 Å². The molecule has 2 aliphatic rings. The van der Waals surface area contributed by atoms with Gasteiger partial charge in [-0.1, -0.05) is 30.3 Å². The lowest BCUT2D eigenvalue weighted by Gasteiger charge is -2.36. The first kappa shape index (κ1) is 19.0. The second-order valence-electron chi connectivity index (χ2n) is 7.19. The lowest BCUT2D eigenvalue weighted by molar-refractivity contribution is -0.133. The Morgan fingerprint density at radius 1 is 1.08 bits per heavy atom. The van der Waals surface area contributed by atoms with Gasteiger partial charge in [0.2, 0.25) is 5.91 Å². The van der Waals surface area contributed by atoms with Gasteiger partial charge >= 0.3 is 0 Å². The summed E-state index contributed by atoms with van der Waals surface area (Å²) in [5, 5.41) is 0. The number of morpholine rings is 1. The zero-order chi connectivity index (χ0) is 18.4. The van der Waals surface area contributed by atoms with Gasteiger partial charge in [-0.2, -0.15) is 0 Å². The number of ketones is 1. The third-order valence-electron chi connectivity index (χ3n) is 5.34. The Balaban J connectivity index is 1.50. The average Bonchev–Trinajstić information content (AvgIpc) is 2.68. The molecule has 3 rings (SSSR count). The molecular formula is C20H29N3O3. The average molecular weight is 359 g/mol. The maximum atomic E-state index is 12.5. The molecule has 2 fully saturated rings. The number of benzene rings is 1. The minimum absolute atomic E-state index is 0.0525. The van der Waals surface area contributed by atoms with Gasteiger partial charge in [-0.25, -0.2) is 0 Å². The van der Waals surface area contributed by atoms with Crippen molar-refractivity contribution in [2.24, 2.45) is 0 Å². The van der Waals surface area contributed by atoms with Crippen molar-refractivity contribution in [1.82, 2.24) is 14.7 Å². The first-order chi connectivity index (χ1) is 12.6. The Kier molecular flexibility index (Phi) is 6.77. The molecule has 2 aliphatic heterocycles. The summed E-state index contributed by atoms with van der Waals surface area (Å²) in [6.07, 6.45) is 0.951. The Hall–Kier alpha value is -1.76. The second-order valence-corrected chi connectivity index (χ2v) is 7.19. The predicted octanol–water partition coefficient (Wildman–Crippen LogP) is 1.12. The highest BCUT2D eigenvalue weighted by atomic mass is 16.5. The summed E-state index contributed by atoms with van der Waals surface area (Å²) in [7, 11) is 2.09. The SMILES string of the molecule is CN1CCN(C(=O)CCN2CCOCC2CC(=O)c2ccccc2)CC1. The molecule has 6 nitrogen and oxygen atoms in total. The largest absolute Gasteiger partial charge is 0.378 e. The summed E-state index contributed by atoms with van der Waals surface area (Å²) in [5.41, 5.74) is 0.742. The molecular weight excluding hydrogens is 330 g/mol. The summed E-state index contributed by atoms with van der Waals surface area (Å²) >= 11 is 0. The molecule has 26 heavy (non-hydrogen) atoms. The molecule has 6 heteroatoms. The Morgan fingerprint density at radius 3 is 2.54 bits per heavy atom. The smallest absolute Gasteiger partial charge is 0.223 e. The van der Waals surface area contributed by atoms with E-state index < -0.39 is 0 Å². The van der Waals surface area contributed by atoms with E-state index >= 15 is 0 Å². The van der Waals surface area contributed by atoms with Crippen molar-refractivity contribution in [3.8, 4) is 0 Å². The number of hydrogen-bond donors (Lipinski definition) is 0. The van der Waals surface area contributed by atoms with Crippen LogP contribution in [-0.2, 0) is 9.53 Å². The molecule has 0 N–H and O–H groups in total. The number of nitrogens with zero attached hydrogens (tertiary/aromatic N) is 3. The highest BCUT2D eigenvalue weighted by molar-refractivity contribution is 5.96. The number of likely N-dealkylation sites (N-methyl/N-ethyl adjacent to an activating group) is 1. The fourth-order valence-corrected chi connectivity index (χ4v) is 3.58. The maximum absolute atomic E-state index is 12.5. The van der Waals surface area contributed by atoms with E-state index in [1.807, 2.05) is 35.2 Å². The summed E-state index contributed by atoms with van der Waals surface area (Å²) in [6, 6.07) is 9.45. The Labute approximate surface area is 155 Å². The van der Waals surface area contributed by atoms with E-state index in [1.165, 1.54) is 0 Å². The van der Waals surface area contributed by atoms with Gasteiger partial charge in [0.25, 0.3) is 0 Å². The van der Waals surface area contributed by atoms with Gasteiger partial charge in [-0.3, -0.25) is 14.5 Å². The minimum Gasteiger partial charge on any atom is -0.378 e. The monoisotopic (exact) mass is 359 g/mol. The van der Waals surface area contributed by atoms with Crippen molar-refractivity contribution in [1.29, 1.82) is 0 Å². The molecule has 0 aliphatic carbocycles. The number of rotatable bonds is 6. The van der Waals surface area contributed by atoms with Crippen LogP contribution in [0.3, 0.4) is 0 Å². The van der Waals surface area contributed by atoms with E-state index in [0.29, 0.717) is 32.6 Å². The van der Waals surface area contributed by atoms with Gasteiger partial charge in [0, 0.05) is 63.7 Å². The Morgan fingerprint density at radius 2 is 1.81 bits per heavy atom. The van der Waals surface area contributed by atoms with Gasteiger partial charge in [0.15, 0.2) is 5.78 Å². The summed E-state index contributed by atoms with van der Waals surface area (Å²) < 4.78 is 5.59. The van der Waals surface area contributed by atoms with E-state index in [-0.39, 0.29) is 17.7 Å². The number of amides is 1. The third-order valence-corrected chi connectivity index (χ3v) is 5.34. The van der Waals surface area contributed by atoms with Gasteiger partial charge in [0.05, 0.1) is 13.2 Å². The van der Waals surface area contributed by atoms with Crippen LogP contribution in [0.5, 0.6) is 0 Å². The normalized spacial score (nSPS) is 22.3. The van der Waals surface area contributed by atoms with Gasteiger partial charge in [-0.15, -0.1) is 0 Å². The topological polar surface area (TPSA) is 53.1 Å². The first-order valence-electron chi connectivity index (χ1n) is 9.50. The molecule has 0 radical (unpaired) electrons. The number of carbonyl (C=O) groups excluding carboxylic acids is 2. The van der Waals surface area contributed by atoms with Crippen LogP contribution in [0.2, 0.25) is 0 Å². The van der Waals surface area contributed by atoms with Crippen LogP contribution in [0.4, 0.5) is 0 Å². The van der Waals surface area contributed by atoms with E-state index in [1.54, 1.807) is 0 Å². The molecule has 1 unspecified atom stereocenters. The molecule has 0 bridgehead atoms. The second kappa shape index (κ2) is 9.26. The molecule has 142 valence electrons. The lowest BCUT2D eigenvalue weighted by Crippen LogP contribution is -2.50. The fourth-order valence-electron chi connectivity index (χ4n) is 3.58. The van der Waals surface area contributed by atoms with Crippen LogP contribution >= 0.6 is 0 Å². The zero-order valence-corrected chi connectivity index (χ0v) is 15.6. The molecule has 0 spiro atoms. The quantitative estimate of drug-likeness (QED) is 0.713. The predicted molar refractivity (Wildman–Crippen MR) is 100 cm³/mol. The van der Waals surface area contributed by atoms with E-state index in [9.17, 15) is 9.59 Å². The standard InChI is InChI=1S/C20H29N3O3/c1-21-9-11-23(12-10-21)20(25)7-8-22-13-14-26-16-18(22)15-19(24)17-5-3-2-4-6-17/h2-6,18H,7-16H2,1H3. The highest BCUT2D eigenvalue weighted by Crippen LogP contribution is 2.15. The molecule has 1 aromatic carbocycles. The number of Topliss-reactive ketones (excluding diaryl/α,β-unsaturated/α-hetero) is 1. The Bertz CT molecular complexity index is 600. The molecule has 2 saturated heterocycles. The molecule has 0 saturated carbocycles.